The summed E-state index contributed by atoms with van der Waals surface area (Å²) in [7, 11) is 0. The van der Waals surface area contributed by atoms with Gasteiger partial charge in [0.25, 0.3) is 0 Å². The Morgan fingerprint density at radius 2 is 1.98 bits per heavy atom. The highest BCUT2D eigenvalue weighted by atomic mass is 16.6. The van der Waals surface area contributed by atoms with E-state index in [9.17, 15) is 9.90 Å². The van der Waals surface area contributed by atoms with Gasteiger partial charge in [0.05, 0.1) is 17.8 Å². The molecule has 3 fully saturated rings. The monoisotopic (exact) mass is 554 g/mol. The van der Waals surface area contributed by atoms with E-state index in [0.717, 1.165) is 36.3 Å². The third-order valence-corrected chi connectivity index (χ3v) is 12.2. The van der Waals surface area contributed by atoms with Crippen molar-refractivity contribution in [3.8, 4) is 0 Å². The van der Waals surface area contributed by atoms with Crippen LogP contribution >= 0.6 is 0 Å². The molecule has 7 nitrogen and oxygen atoms in total. The molecule has 1 heterocycles. The fraction of sp³-hybridized carbons (Fsp3) is 0.818. The topological polar surface area (TPSA) is 116 Å². The van der Waals surface area contributed by atoms with Crippen molar-refractivity contribution in [3.05, 3.63) is 29.9 Å². The third-order valence-electron chi connectivity index (χ3n) is 12.2. The zero-order chi connectivity index (χ0) is 28.9. The van der Waals surface area contributed by atoms with Gasteiger partial charge in [-0.25, -0.2) is 9.78 Å². The minimum atomic E-state index is -1.14. The first kappa shape index (κ1) is 29.6. The zero-order valence-electron chi connectivity index (χ0n) is 25.6. The third kappa shape index (κ3) is 4.63. The molecule has 0 bridgehead atoms. The van der Waals surface area contributed by atoms with Gasteiger partial charge in [-0.2, -0.15) is 0 Å². The van der Waals surface area contributed by atoms with Gasteiger partial charge < -0.3 is 21.3 Å². The zero-order valence-corrected chi connectivity index (χ0v) is 25.6. The highest BCUT2D eigenvalue weighted by Crippen LogP contribution is 2.70. The summed E-state index contributed by atoms with van der Waals surface area (Å²) in [6.45, 7) is 12.5. The van der Waals surface area contributed by atoms with Crippen LogP contribution in [0.4, 0.5) is 4.79 Å². The van der Waals surface area contributed by atoms with Gasteiger partial charge in [0.1, 0.15) is 0 Å². The van der Waals surface area contributed by atoms with Crippen molar-refractivity contribution in [2.45, 2.75) is 117 Å². The molecule has 1 amide bonds. The summed E-state index contributed by atoms with van der Waals surface area (Å²) < 4.78 is 8.29. The van der Waals surface area contributed by atoms with Gasteiger partial charge in [0.2, 0.25) is 5.72 Å². The lowest BCUT2D eigenvalue weighted by atomic mass is 9.45. The number of rotatable bonds is 9. The molecule has 9 atom stereocenters. The van der Waals surface area contributed by atoms with Gasteiger partial charge >= 0.3 is 6.09 Å². The van der Waals surface area contributed by atoms with Crippen LogP contribution in [0, 0.1) is 46.3 Å². The van der Waals surface area contributed by atoms with Gasteiger partial charge in [-0.15, -0.1) is 0 Å². The lowest BCUT2D eigenvalue weighted by Gasteiger charge is -2.63. The summed E-state index contributed by atoms with van der Waals surface area (Å²) in [5.41, 5.74) is 12.7. The van der Waals surface area contributed by atoms with Gasteiger partial charge in [0, 0.05) is 24.7 Å². The second-order valence-electron chi connectivity index (χ2n) is 14.6. The molecule has 0 radical (unpaired) electrons. The van der Waals surface area contributed by atoms with Crippen molar-refractivity contribution >= 4 is 6.09 Å². The molecule has 3 saturated carbocycles. The van der Waals surface area contributed by atoms with Crippen molar-refractivity contribution < 1.29 is 14.6 Å². The molecule has 5 N–H and O–H groups in total. The SMILES string of the molecule is CC(C)CCC[C@@H](C)[C@H]1CC[C@H]2[C@@H]3CC=C4C[C@H](O)CC(OC(N)=O)(n5cncc5CCN)[C@]4(C)[C@H]3CC[C@]12C. The lowest BCUT2D eigenvalue weighted by molar-refractivity contribution is -0.212. The Morgan fingerprint density at radius 3 is 2.67 bits per heavy atom. The number of ether oxygens (including phenoxy) is 1. The van der Waals surface area contributed by atoms with Crippen LogP contribution in [0.5, 0.6) is 0 Å². The molecule has 4 aliphatic carbocycles. The van der Waals surface area contributed by atoms with Gasteiger partial charge in [-0.1, -0.05) is 58.6 Å². The molecular weight excluding hydrogens is 500 g/mol. The smallest absolute Gasteiger partial charge is 0.406 e. The number of hydrogen-bond donors (Lipinski definition) is 3. The number of aliphatic hydroxyl groups excluding tert-OH is 1. The van der Waals surface area contributed by atoms with E-state index >= 15 is 0 Å². The molecule has 0 aliphatic heterocycles. The van der Waals surface area contributed by atoms with E-state index in [1.807, 2.05) is 10.8 Å². The van der Waals surface area contributed by atoms with Crippen molar-refractivity contribution in [3.63, 3.8) is 0 Å². The molecule has 224 valence electrons. The molecule has 1 unspecified atom stereocenters. The number of fused-ring (bicyclic) bond motifs is 5. The molecule has 7 heteroatoms. The molecule has 1 aromatic rings. The largest absolute Gasteiger partial charge is 0.421 e. The second kappa shape index (κ2) is 11.1. The number of nitrogens with two attached hydrogens (primary N) is 2. The van der Waals surface area contributed by atoms with E-state index in [4.69, 9.17) is 16.2 Å². The fourth-order valence-electron chi connectivity index (χ4n) is 10.5. The number of amides is 1. The first-order valence-electron chi connectivity index (χ1n) is 16.1. The average Bonchev–Trinajstić information content (AvgIpc) is 3.48. The van der Waals surface area contributed by atoms with Crippen LogP contribution in [0.1, 0.15) is 105 Å². The average molecular weight is 555 g/mol. The highest BCUT2D eigenvalue weighted by Gasteiger charge is 2.67. The number of hydrogen-bond acceptors (Lipinski definition) is 5. The predicted molar refractivity (Wildman–Crippen MR) is 158 cm³/mol. The highest BCUT2D eigenvalue weighted by molar-refractivity contribution is 5.65. The van der Waals surface area contributed by atoms with E-state index in [1.165, 1.54) is 44.1 Å². The summed E-state index contributed by atoms with van der Waals surface area (Å²) in [6.07, 6.45) is 16.0. The van der Waals surface area contributed by atoms with Crippen LogP contribution in [0.15, 0.2) is 24.2 Å². The van der Waals surface area contributed by atoms with Crippen LogP contribution in [0.2, 0.25) is 0 Å². The summed E-state index contributed by atoms with van der Waals surface area (Å²) in [6, 6.07) is 0. The fourth-order valence-corrected chi connectivity index (χ4v) is 10.5. The van der Waals surface area contributed by atoms with Crippen molar-refractivity contribution in [1.82, 2.24) is 9.55 Å². The van der Waals surface area contributed by atoms with Gasteiger partial charge in [-0.05, 0) is 92.9 Å². The Bertz CT molecular complexity index is 1100. The number of carbonyl (C=O) groups is 1. The van der Waals surface area contributed by atoms with Gasteiger partial charge in [0.15, 0.2) is 0 Å². The number of aliphatic hydroxyl groups is 1. The lowest BCUT2D eigenvalue weighted by Crippen LogP contribution is -2.64. The maximum atomic E-state index is 12.6. The molecule has 1 aromatic heterocycles. The van der Waals surface area contributed by atoms with Crippen molar-refractivity contribution in [1.29, 1.82) is 0 Å². The Morgan fingerprint density at radius 1 is 1.20 bits per heavy atom. The molecule has 0 aromatic carbocycles. The maximum Gasteiger partial charge on any atom is 0.406 e. The number of nitrogens with zero attached hydrogens (tertiary/aromatic N) is 2. The quantitative estimate of drug-likeness (QED) is 0.317. The Kier molecular flexibility index (Phi) is 8.21. The predicted octanol–water partition coefficient (Wildman–Crippen LogP) is 6.14. The minimum absolute atomic E-state index is 0.304. The maximum absolute atomic E-state index is 12.6. The van der Waals surface area contributed by atoms with Crippen molar-refractivity contribution in [2.75, 3.05) is 6.54 Å². The number of carbonyl (C=O) groups excluding carboxylic acids is 1. The molecular formula is C33H54N4O3. The molecule has 40 heavy (non-hydrogen) atoms. The summed E-state index contributed by atoms with van der Waals surface area (Å²) >= 11 is 0. The summed E-state index contributed by atoms with van der Waals surface area (Å²) in [5, 5.41) is 11.2. The standard InChI is InChI=1S/C33H54N4O3/c1-21(2)7-6-8-22(3)27-11-12-28-26-10-9-23-17-25(38)18-33(40-30(35)39,37-20-36-19-24(37)14-16-34)32(23,5)29(26)13-15-31(27,28)4/h9,19-22,25-29,38H,6-8,10-18,34H2,1-5H3,(H2,35,39)/t22-,25+,26+,27-,28+,29+,31-,32+,33?/m1/s1. The second-order valence-corrected chi connectivity index (χ2v) is 14.6. The minimum Gasteiger partial charge on any atom is -0.421 e. The Balaban J connectivity index is 1.52. The molecule has 0 spiro atoms. The van der Waals surface area contributed by atoms with E-state index in [-0.39, 0.29) is 0 Å². The normalized spacial score (nSPS) is 39.7. The first-order chi connectivity index (χ1) is 19.0. The van der Waals surface area contributed by atoms with E-state index in [1.54, 1.807) is 6.33 Å². The summed E-state index contributed by atoms with van der Waals surface area (Å²) in [4.78, 5) is 17.1. The number of aromatic nitrogens is 2. The van der Waals surface area contributed by atoms with E-state index < -0.39 is 23.3 Å². The number of primary amides is 1. The van der Waals surface area contributed by atoms with Crippen LogP contribution in [0.3, 0.4) is 0 Å². The molecule has 4 aliphatic rings. The van der Waals surface area contributed by atoms with E-state index in [0.29, 0.717) is 49.0 Å². The van der Waals surface area contributed by atoms with Crippen LogP contribution in [0.25, 0.3) is 0 Å². The molecule has 5 rings (SSSR count). The van der Waals surface area contributed by atoms with Crippen LogP contribution in [-0.4, -0.2) is 33.4 Å². The Labute approximate surface area is 241 Å². The van der Waals surface area contributed by atoms with Crippen LogP contribution in [-0.2, 0) is 16.9 Å². The van der Waals surface area contributed by atoms with Crippen molar-refractivity contribution in [2.24, 2.45) is 57.8 Å². The van der Waals surface area contributed by atoms with E-state index in [2.05, 4.69) is 45.7 Å². The number of allylic oxidation sites excluding steroid dienone is 1. The number of imidazole rings is 1. The van der Waals surface area contributed by atoms with Gasteiger partial charge in [-0.3, -0.25) is 4.57 Å². The summed E-state index contributed by atoms with van der Waals surface area (Å²) in [5.74, 6) is 3.81. The Hall–Kier alpha value is -1.86. The van der Waals surface area contributed by atoms with Crippen LogP contribution < -0.4 is 11.5 Å². The first-order valence-corrected chi connectivity index (χ1v) is 16.1. The molecule has 0 saturated heterocycles.